The monoisotopic (exact) mass is 354 g/mol. The number of hydrogen-bond donors (Lipinski definition) is 0. The van der Waals surface area contributed by atoms with Gasteiger partial charge in [-0.05, 0) is 31.0 Å². The molecule has 0 aliphatic carbocycles. The number of carbonyl (C=O) groups excluding carboxylic acids is 1. The topological polar surface area (TPSA) is 52.1 Å². The molecule has 0 fully saturated rings. The van der Waals surface area contributed by atoms with Gasteiger partial charge in [0.1, 0.15) is 0 Å². The molecular formula is C15H12Cl2N2O2S. The fourth-order valence-electron chi connectivity index (χ4n) is 2.31. The van der Waals surface area contributed by atoms with E-state index in [1.807, 2.05) is 24.3 Å². The highest BCUT2D eigenvalue weighted by atomic mass is 35.5. The van der Waals surface area contributed by atoms with Gasteiger partial charge in [0.15, 0.2) is 10.8 Å². The van der Waals surface area contributed by atoms with Gasteiger partial charge in [0, 0.05) is 20.7 Å². The minimum atomic E-state index is -0.466. The van der Waals surface area contributed by atoms with E-state index in [9.17, 15) is 4.79 Å². The van der Waals surface area contributed by atoms with Crippen LogP contribution in [0.25, 0.3) is 0 Å². The van der Waals surface area contributed by atoms with E-state index < -0.39 is 5.97 Å². The minimum absolute atomic E-state index is 0.156. The van der Waals surface area contributed by atoms with Crippen LogP contribution in [0.15, 0.2) is 29.2 Å². The molecule has 1 aliphatic heterocycles. The Morgan fingerprint density at radius 1 is 1.32 bits per heavy atom. The van der Waals surface area contributed by atoms with Crippen molar-refractivity contribution in [3.8, 4) is 0 Å². The number of fused-ring (bicyclic) bond motifs is 1. The van der Waals surface area contributed by atoms with E-state index in [0.29, 0.717) is 23.2 Å². The Balaban J connectivity index is 1.94. The molecule has 114 valence electrons. The van der Waals surface area contributed by atoms with Gasteiger partial charge in [0.05, 0.1) is 6.61 Å². The molecule has 0 amide bonds. The second-order valence-electron chi connectivity index (χ2n) is 4.73. The van der Waals surface area contributed by atoms with Gasteiger partial charge in [0.25, 0.3) is 0 Å². The number of esters is 1. The molecule has 0 radical (unpaired) electrons. The maximum atomic E-state index is 12.0. The summed E-state index contributed by atoms with van der Waals surface area (Å²) in [5.41, 5.74) is 2.21. The highest BCUT2D eigenvalue weighted by molar-refractivity contribution is 8.00. The Bertz CT molecular complexity index is 722. The molecule has 1 aromatic heterocycles. The number of benzene rings is 1. The third-order valence-corrected chi connectivity index (χ3v) is 5.29. The van der Waals surface area contributed by atoms with Crippen molar-refractivity contribution in [1.29, 1.82) is 0 Å². The zero-order chi connectivity index (χ0) is 15.7. The summed E-state index contributed by atoms with van der Waals surface area (Å²) in [6.07, 6.45) is 0.697. The standard InChI is InChI=1S/C15H12Cl2N2O2S/c1-2-21-15(20)12-13-10(14(17)19-18-12)7-11(22-13)8-3-5-9(16)6-4-8/h3-6,11H,2,7H2,1H3. The molecule has 0 saturated carbocycles. The minimum Gasteiger partial charge on any atom is -0.461 e. The van der Waals surface area contributed by atoms with Crippen LogP contribution in [0.5, 0.6) is 0 Å². The van der Waals surface area contributed by atoms with Crippen LogP contribution in [0.1, 0.15) is 33.8 Å². The molecule has 0 bridgehead atoms. The third-order valence-electron chi connectivity index (χ3n) is 3.34. The van der Waals surface area contributed by atoms with Crippen LogP contribution < -0.4 is 0 Å². The van der Waals surface area contributed by atoms with E-state index >= 15 is 0 Å². The highest BCUT2D eigenvalue weighted by Crippen LogP contribution is 2.49. The summed E-state index contributed by atoms with van der Waals surface area (Å²) < 4.78 is 5.03. The van der Waals surface area contributed by atoms with Gasteiger partial charge in [-0.1, -0.05) is 35.3 Å². The quantitative estimate of drug-likeness (QED) is 0.766. The average Bonchev–Trinajstić information content (AvgIpc) is 2.94. The van der Waals surface area contributed by atoms with Crippen molar-refractivity contribution in [3.05, 3.63) is 51.3 Å². The lowest BCUT2D eigenvalue weighted by atomic mass is 10.1. The Labute approximate surface area is 142 Å². The van der Waals surface area contributed by atoms with Crippen molar-refractivity contribution in [1.82, 2.24) is 10.2 Å². The van der Waals surface area contributed by atoms with E-state index in [0.717, 1.165) is 16.0 Å². The van der Waals surface area contributed by atoms with Crippen LogP contribution >= 0.6 is 35.0 Å². The summed E-state index contributed by atoms with van der Waals surface area (Å²) in [6.45, 7) is 2.05. The summed E-state index contributed by atoms with van der Waals surface area (Å²) in [4.78, 5) is 12.8. The first-order valence-electron chi connectivity index (χ1n) is 6.74. The lowest BCUT2D eigenvalue weighted by molar-refractivity contribution is 0.0513. The predicted octanol–water partition coefficient (Wildman–Crippen LogP) is 4.35. The fraction of sp³-hybridized carbons (Fsp3) is 0.267. The highest BCUT2D eigenvalue weighted by Gasteiger charge is 2.32. The van der Waals surface area contributed by atoms with Crippen LogP contribution in [0.4, 0.5) is 0 Å². The SMILES string of the molecule is CCOC(=O)c1nnc(Cl)c2c1SC(c1ccc(Cl)cc1)C2. The molecule has 1 atom stereocenters. The van der Waals surface area contributed by atoms with Crippen molar-refractivity contribution in [2.45, 2.75) is 23.5 Å². The van der Waals surface area contributed by atoms with E-state index in [2.05, 4.69) is 10.2 Å². The number of carbonyl (C=O) groups is 1. The number of hydrogen-bond acceptors (Lipinski definition) is 5. The Morgan fingerprint density at radius 2 is 2.05 bits per heavy atom. The summed E-state index contributed by atoms with van der Waals surface area (Å²) in [6, 6.07) is 7.66. The van der Waals surface area contributed by atoms with Crippen molar-refractivity contribution in [3.63, 3.8) is 0 Å². The normalized spacial score (nSPS) is 16.4. The molecule has 4 nitrogen and oxygen atoms in total. The van der Waals surface area contributed by atoms with Gasteiger partial charge >= 0.3 is 5.97 Å². The van der Waals surface area contributed by atoms with Gasteiger partial charge in [-0.25, -0.2) is 4.79 Å². The maximum Gasteiger partial charge on any atom is 0.360 e. The number of nitrogens with zero attached hydrogens (tertiary/aromatic N) is 2. The number of ether oxygens (including phenoxy) is 1. The van der Waals surface area contributed by atoms with Crippen LogP contribution in [0, 0.1) is 0 Å². The van der Waals surface area contributed by atoms with Crippen molar-refractivity contribution >= 4 is 40.9 Å². The largest absolute Gasteiger partial charge is 0.461 e. The van der Waals surface area contributed by atoms with E-state index in [1.54, 1.807) is 18.7 Å². The molecule has 1 aliphatic rings. The second-order valence-corrected chi connectivity index (χ2v) is 6.74. The summed E-state index contributed by atoms with van der Waals surface area (Å²) in [5, 5.41) is 8.98. The molecule has 1 unspecified atom stereocenters. The Morgan fingerprint density at radius 3 is 2.73 bits per heavy atom. The predicted molar refractivity (Wildman–Crippen MR) is 86.8 cm³/mol. The van der Waals surface area contributed by atoms with Gasteiger partial charge in [-0.15, -0.1) is 22.0 Å². The van der Waals surface area contributed by atoms with E-state index in [1.165, 1.54) is 0 Å². The zero-order valence-corrected chi connectivity index (χ0v) is 14.0. The Hall–Kier alpha value is -1.30. The summed E-state index contributed by atoms with van der Waals surface area (Å²) in [5.74, 6) is -0.466. The molecule has 22 heavy (non-hydrogen) atoms. The maximum absolute atomic E-state index is 12.0. The van der Waals surface area contributed by atoms with Crippen molar-refractivity contribution in [2.75, 3.05) is 6.61 Å². The second kappa shape index (κ2) is 6.44. The third kappa shape index (κ3) is 2.93. The lowest BCUT2D eigenvalue weighted by Gasteiger charge is -2.08. The van der Waals surface area contributed by atoms with E-state index in [-0.39, 0.29) is 10.9 Å². The average molecular weight is 355 g/mol. The molecule has 2 heterocycles. The summed E-state index contributed by atoms with van der Waals surface area (Å²) in [7, 11) is 0. The van der Waals surface area contributed by atoms with Gasteiger partial charge < -0.3 is 4.74 Å². The first-order chi connectivity index (χ1) is 10.6. The van der Waals surface area contributed by atoms with E-state index in [4.69, 9.17) is 27.9 Å². The number of thioether (sulfide) groups is 1. The number of halogens is 2. The number of aromatic nitrogens is 2. The van der Waals surface area contributed by atoms with Crippen LogP contribution in [0.3, 0.4) is 0 Å². The summed E-state index contributed by atoms with van der Waals surface area (Å²) >= 11 is 13.6. The zero-order valence-electron chi connectivity index (χ0n) is 11.7. The molecule has 2 aromatic rings. The van der Waals surface area contributed by atoms with Gasteiger partial charge in [-0.3, -0.25) is 0 Å². The molecule has 0 saturated heterocycles. The molecule has 0 N–H and O–H groups in total. The first-order valence-corrected chi connectivity index (χ1v) is 8.38. The molecular weight excluding hydrogens is 343 g/mol. The number of rotatable bonds is 3. The molecule has 1 aromatic carbocycles. The molecule has 0 spiro atoms. The van der Waals surface area contributed by atoms with Crippen LogP contribution in [-0.4, -0.2) is 22.8 Å². The van der Waals surface area contributed by atoms with Crippen molar-refractivity contribution < 1.29 is 9.53 Å². The van der Waals surface area contributed by atoms with Crippen LogP contribution in [0.2, 0.25) is 10.2 Å². The Kier molecular flexibility index (Phi) is 4.57. The molecule has 7 heteroatoms. The smallest absolute Gasteiger partial charge is 0.360 e. The lowest BCUT2D eigenvalue weighted by Crippen LogP contribution is -2.10. The van der Waals surface area contributed by atoms with Gasteiger partial charge in [-0.2, -0.15) is 0 Å². The van der Waals surface area contributed by atoms with Gasteiger partial charge in [0.2, 0.25) is 0 Å². The fourth-order valence-corrected chi connectivity index (χ4v) is 4.08. The first kappa shape index (κ1) is 15.6. The molecule has 3 rings (SSSR count). The van der Waals surface area contributed by atoms with Crippen LogP contribution in [-0.2, 0) is 11.2 Å². The van der Waals surface area contributed by atoms with Crippen molar-refractivity contribution in [2.24, 2.45) is 0 Å².